The molecule has 0 unspecified atom stereocenters. The molecule has 0 saturated heterocycles. The predicted molar refractivity (Wildman–Crippen MR) is 113 cm³/mol. The summed E-state index contributed by atoms with van der Waals surface area (Å²) >= 11 is 0. The zero-order chi connectivity index (χ0) is 23.0. The van der Waals surface area contributed by atoms with Crippen molar-refractivity contribution in [2.45, 2.75) is 20.4 Å². The van der Waals surface area contributed by atoms with Gasteiger partial charge in [-0.3, -0.25) is 4.79 Å². The molecule has 2 rings (SSSR count). The van der Waals surface area contributed by atoms with Crippen LogP contribution >= 0.6 is 0 Å². The van der Waals surface area contributed by atoms with Crippen molar-refractivity contribution >= 4 is 23.4 Å². The van der Waals surface area contributed by atoms with Gasteiger partial charge in [-0.1, -0.05) is 32.0 Å². The molecule has 0 saturated carbocycles. The van der Waals surface area contributed by atoms with E-state index >= 15 is 0 Å². The van der Waals surface area contributed by atoms with Gasteiger partial charge in [-0.25, -0.2) is 23.7 Å². The van der Waals surface area contributed by atoms with Crippen LogP contribution < -0.4 is 11.1 Å². The number of carboxylic acids is 1. The average Bonchev–Trinajstić information content (AvgIpc) is 2.72. The van der Waals surface area contributed by atoms with E-state index in [4.69, 9.17) is 10.5 Å². The molecule has 0 aliphatic carbocycles. The smallest absolute Gasteiger partial charge is 0.308 e. The number of carbonyl (C=O) groups is 1. The van der Waals surface area contributed by atoms with Crippen molar-refractivity contribution in [1.82, 2.24) is 9.97 Å². The van der Waals surface area contributed by atoms with Crippen molar-refractivity contribution in [1.29, 1.82) is 0 Å². The second-order valence-corrected chi connectivity index (χ2v) is 7.01. The van der Waals surface area contributed by atoms with Gasteiger partial charge in [0, 0.05) is 18.2 Å². The molecule has 8 nitrogen and oxygen atoms in total. The van der Waals surface area contributed by atoms with Gasteiger partial charge in [0.05, 0.1) is 31.5 Å². The number of aliphatic carboxylic acids is 1. The van der Waals surface area contributed by atoms with E-state index in [1.54, 1.807) is 32.0 Å². The van der Waals surface area contributed by atoms with Crippen LogP contribution in [0.3, 0.4) is 0 Å². The van der Waals surface area contributed by atoms with Crippen molar-refractivity contribution in [3.63, 3.8) is 0 Å². The Morgan fingerprint density at radius 3 is 2.65 bits per heavy atom. The number of halogens is 2. The number of nitrogens with one attached hydrogen (secondary N) is 1. The Hall–Kier alpha value is -3.56. The van der Waals surface area contributed by atoms with E-state index in [2.05, 4.69) is 20.3 Å². The third-order valence-corrected chi connectivity index (χ3v) is 4.46. The lowest BCUT2D eigenvalue weighted by Gasteiger charge is -2.17. The fraction of sp³-hybridized carbons (Fsp3) is 0.333. The van der Waals surface area contributed by atoms with E-state index in [-0.39, 0.29) is 42.2 Å². The summed E-state index contributed by atoms with van der Waals surface area (Å²) in [6, 6.07) is 6.20. The molecule has 0 aliphatic rings. The summed E-state index contributed by atoms with van der Waals surface area (Å²) in [4.78, 5) is 23.4. The quantitative estimate of drug-likeness (QED) is 0.410. The first-order chi connectivity index (χ1) is 14.7. The number of ether oxygens (including phenoxy) is 1. The number of nitrogens with two attached hydrogens (primary N) is 1. The monoisotopic (exact) mass is 433 g/mol. The highest BCUT2D eigenvalue weighted by molar-refractivity contribution is 5.94. The number of aliphatic imine (C=N–C) groups is 1. The van der Waals surface area contributed by atoms with Crippen LogP contribution in [-0.2, 0) is 16.1 Å². The molecule has 2 aromatic rings. The Morgan fingerprint density at radius 2 is 2.03 bits per heavy atom. The molecule has 0 fully saturated rings. The maximum Gasteiger partial charge on any atom is 0.308 e. The SMILES string of the molecule is COC(C=C(N)c1ncc(F)c(NC[C@@H](C(=O)O)C(C)C)n1)=NCc1ccccc1F. The van der Waals surface area contributed by atoms with E-state index < -0.39 is 23.5 Å². The van der Waals surface area contributed by atoms with Crippen LogP contribution in [0.1, 0.15) is 25.2 Å². The second kappa shape index (κ2) is 11.0. The summed E-state index contributed by atoms with van der Waals surface area (Å²) in [5.41, 5.74) is 6.42. The number of nitrogens with zero attached hydrogens (tertiary/aromatic N) is 3. The van der Waals surface area contributed by atoms with E-state index in [0.717, 1.165) is 6.20 Å². The summed E-state index contributed by atoms with van der Waals surface area (Å²) < 4.78 is 33.0. The molecular weight excluding hydrogens is 408 g/mol. The molecule has 0 spiro atoms. The lowest BCUT2D eigenvalue weighted by atomic mass is 9.96. The Labute approximate surface area is 178 Å². The third-order valence-electron chi connectivity index (χ3n) is 4.46. The van der Waals surface area contributed by atoms with Crippen LogP contribution in [0.15, 0.2) is 41.5 Å². The minimum atomic E-state index is -0.993. The fourth-order valence-electron chi connectivity index (χ4n) is 2.60. The van der Waals surface area contributed by atoms with Crippen LogP contribution in [0.4, 0.5) is 14.6 Å². The summed E-state index contributed by atoms with van der Waals surface area (Å²) in [7, 11) is 1.38. The lowest BCUT2D eigenvalue weighted by Crippen LogP contribution is -2.28. The van der Waals surface area contributed by atoms with Crippen LogP contribution in [0.5, 0.6) is 0 Å². The van der Waals surface area contributed by atoms with Crippen molar-refractivity contribution in [3.05, 3.63) is 59.6 Å². The molecular formula is C21H25F2N5O3. The van der Waals surface area contributed by atoms with Gasteiger partial charge in [-0.15, -0.1) is 0 Å². The minimum Gasteiger partial charge on any atom is -0.481 e. The maximum atomic E-state index is 14.1. The number of rotatable bonds is 9. The van der Waals surface area contributed by atoms with Crippen molar-refractivity contribution < 1.29 is 23.4 Å². The fourth-order valence-corrected chi connectivity index (χ4v) is 2.60. The summed E-state index contributed by atoms with van der Waals surface area (Å²) in [6.07, 6.45) is 2.27. The number of benzene rings is 1. The zero-order valence-electron chi connectivity index (χ0n) is 17.5. The second-order valence-electron chi connectivity index (χ2n) is 7.01. The van der Waals surface area contributed by atoms with Crippen molar-refractivity contribution in [2.24, 2.45) is 22.6 Å². The molecule has 1 aromatic heterocycles. The number of hydrogen-bond donors (Lipinski definition) is 3. The molecule has 0 bridgehead atoms. The number of methoxy groups -OCH3 is 1. The van der Waals surface area contributed by atoms with Crippen LogP contribution in [0, 0.1) is 23.5 Å². The largest absolute Gasteiger partial charge is 0.481 e. The van der Waals surface area contributed by atoms with Gasteiger partial charge in [0.15, 0.2) is 17.5 Å². The first kappa shape index (κ1) is 23.7. The highest BCUT2D eigenvalue weighted by Crippen LogP contribution is 2.16. The molecule has 1 heterocycles. The first-order valence-electron chi connectivity index (χ1n) is 9.51. The van der Waals surface area contributed by atoms with Crippen molar-refractivity contribution in [3.8, 4) is 0 Å². The highest BCUT2D eigenvalue weighted by atomic mass is 19.1. The minimum absolute atomic E-state index is 0.00374. The molecule has 1 aromatic carbocycles. The number of hydrogen-bond acceptors (Lipinski definition) is 7. The van der Waals surface area contributed by atoms with E-state index in [0.29, 0.717) is 5.56 Å². The Kier molecular flexibility index (Phi) is 8.42. The predicted octanol–water partition coefficient (Wildman–Crippen LogP) is 3.07. The standard InChI is InChI=1S/C21H25F2N5O3/c1-12(2)14(21(29)30)10-26-19-16(23)11-27-20(28-19)17(24)8-18(31-3)25-9-13-6-4-5-7-15(13)22/h4-8,11-12,14H,9-10,24H2,1-3H3,(H,29,30)(H,26,27,28)/t14-/m1/s1. The van der Waals surface area contributed by atoms with Crippen LogP contribution in [-0.4, -0.2) is 40.6 Å². The topological polar surface area (TPSA) is 123 Å². The Bertz CT molecular complexity index is 979. The Balaban J connectivity index is 2.19. The average molecular weight is 433 g/mol. The van der Waals surface area contributed by atoms with Crippen LogP contribution in [0.2, 0.25) is 0 Å². The first-order valence-corrected chi connectivity index (χ1v) is 9.51. The Morgan fingerprint density at radius 1 is 1.32 bits per heavy atom. The molecule has 10 heteroatoms. The molecule has 166 valence electrons. The molecule has 0 amide bonds. The molecule has 0 radical (unpaired) electrons. The van der Waals surface area contributed by atoms with E-state index in [1.807, 2.05) is 0 Å². The molecule has 4 N–H and O–H groups in total. The molecule has 0 aliphatic heterocycles. The summed E-state index contributed by atoms with van der Waals surface area (Å²) in [6.45, 7) is 3.53. The summed E-state index contributed by atoms with van der Waals surface area (Å²) in [5.74, 6) is -3.08. The van der Waals surface area contributed by atoms with E-state index in [9.17, 15) is 18.7 Å². The van der Waals surface area contributed by atoms with Gasteiger partial charge < -0.3 is 20.9 Å². The van der Waals surface area contributed by atoms with Gasteiger partial charge in [0.2, 0.25) is 5.90 Å². The van der Waals surface area contributed by atoms with Crippen molar-refractivity contribution in [2.75, 3.05) is 19.0 Å². The van der Waals surface area contributed by atoms with Gasteiger partial charge in [0.1, 0.15) is 5.82 Å². The van der Waals surface area contributed by atoms with Gasteiger partial charge in [0.25, 0.3) is 0 Å². The number of carboxylic acid groups (broad SMARTS) is 1. The van der Waals surface area contributed by atoms with Crippen LogP contribution in [0.25, 0.3) is 5.70 Å². The van der Waals surface area contributed by atoms with Gasteiger partial charge >= 0.3 is 5.97 Å². The molecule has 1 atom stereocenters. The number of aromatic nitrogens is 2. The normalized spacial score (nSPS) is 13.2. The molecule has 31 heavy (non-hydrogen) atoms. The van der Waals surface area contributed by atoms with E-state index in [1.165, 1.54) is 19.3 Å². The van der Waals surface area contributed by atoms with Gasteiger partial charge in [-0.2, -0.15) is 0 Å². The van der Waals surface area contributed by atoms with Gasteiger partial charge in [-0.05, 0) is 12.0 Å². The summed E-state index contributed by atoms with van der Waals surface area (Å²) in [5, 5.41) is 12.0. The lowest BCUT2D eigenvalue weighted by molar-refractivity contribution is -0.142. The third kappa shape index (κ3) is 6.73. The maximum absolute atomic E-state index is 14.1. The highest BCUT2D eigenvalue weighted by Gasteiger charge is 2.22. The zero-order valence-corrected chi connectivity index (χ0v) is 17.5. The number of anilines is 1.